The van der Waals surface area contributed by atoms with Crippen molar-refractivity contribution in [3.8, 4) is 11.5 Å². The Kier molecular flexibility index (Phi) is 9.00. The lowest BCUT2D eigenvalue weighted by Crippen LogP contribution is -2.29. The fourth-order valence-electron chi connectivity index (χ4n) is 4.23. The quantitative estimate of drug-likeness (QED) is 0.0801. The molecule has 1 saturated heterocycles. The van der Waals surface area contributed by atoms with Crippen LogP contribution >= 0.6 is 11.3 Å². The normalized spacial score (nSPS) is 16.2. The Hall–Kier alpha value is -4.44. The third-order valence-electron chi connectivity index (χ3n) is 6.26. The number of aryl methyl sites for hydroxylation is 1. The van der Waals surface area contributed by atoms with E-state index in [0.717, 1.165) is 24.2 Å². The highest BCUT2D eigenvalue weighted by Gasteiger charge is 2.48. The molecule has 208 valence electrons. The number of aliphatic hydroxyl groups is 1. The van der Waals surface area contributed by atoms with Crippen molar-refractivity contribution in [2.24, 2.45) is 0 Å². The van der Waals surface area contributed by atoms with Gasteiger partial charge in [0.15, 0.2) is 5.13 Å². The number of rotatable bonds is 11. The van der Waals surface area contributed by atoms with Gasteiger partial charge in [0.1, 0.15) is 28.7 Å². The summed E-state index contributed by atoms with van der Waals surface area (Å²) in [6, 6.07) is 12.5. The average Bonchev–Trinajstić information content (AvgIpc) is 3.48. The van der Waals surface area contributed by atoms with Crippen molar-refractivity contribution < 1.29 is 33.7 Å². The Morgan fingerprint density at radius 3 is 2.60 bits per heavy atom. The Balaban J connectivity index is 1.81. The number of ketones is 1. The van der Waals surface area contributed by atoms with Crippen LogP contribution in [0.5, 0.6) is 11.5 Å². The van der Waals surface area contributed by atoms with Crippen LogP contribution in [0.25, 0.3) is 5.76 Å². The first-order valence-corrected chi connectivity index (χ1v) is 13.6. The molecular formula is C30H30N2O7S. The summed E-state index contributed by atoms with van der Waals surface area (Å²) in [5, 5.41) is 11.5. The molecule has 0 aliphatic carbocycles. The van der Waals surface area contributed by atoms with Crippen molar-refractivity contribution in [3.63, 3.8) is 0 Å². The summed E-state index contributed by atoms with van der Waals surface area (Å²) in [5.41, 5.74) is 1.10. The van der Waals surface area contributed by atoms with Crippen LogP contribution in [0.15, 0.2) is 66.8 Å². The lowest BCUT2D eigenvalue weighted by Gasteiger charge is -2.23. The number of aromatic nitrogens is 1. The van der Waals surface area contributed by atoms with Gasteiger partial charge in [0.25, 0.3) is 5.78 Å². The molecule has 10 heteroatoms. The molecule has 0 spiro atoms. The standard InChI is InChI=1S/C30H30N2O7S/c1-5-7-16-38-21-13-11-19(12-14-21)25(33)23-24(20-9-8-10-22(17-20)37-4)32(28(35)26(23)34)30-31-18(3)27(40-30)29(36)39-15-6-2/h6,8-14,17,24,33H,2,5,7,15-16H2,1,3-4H3. The van der Waals surface area contributed by atoms with E-state index in [9.17, 15) is 19.5 Å². The van der Waals surface area contributed by atoms with Gasteiger partial charge in [0, 0.05) is 5.56 Å². The predicted molar refractivity (Wildman–Crippen MR) is 152 cm³/mol. The second-order valence-electron chi connectivity index (χ2n) is 8.97. The number of hydrogen-bond acceptors (Lipinski definition) is 9. The number of amides is 1. The molecule has 40 heavy (non-hydrogen) atoms. The van der Waals surface area contributed by atoms with Gasteiger partial charge >= 0.3 is 11.9 Å². The molecule has 1 amide bonds. The lowest BCUT2D eigenvalue weighted by molar-refractivity contribution is -0.132. The van der Waals surface area contributed by atoms with Gasteiger partial charge in [-0.1, -0.05) is 49.5 Å². The number of methoxy groups -OCH3 is 1. The molecule has 1 atom stereocenters. The second-order valence-corrected chi connectivity index (χ2v) is 9.95. The summed E-state index contributed by atoms with van der Waals surface area (Å²) >= 11 is 0.931. The second kappa shape index (κ2) is 12.6. The maximum Gasteiger partial charge on any atom is 0.350 e. The largest absolute Gasteiger partial charge is 0.507 e. The first-order chi connectivity index (χ1) is 19.3. The van der Waals surface area contributed by atoms with Crippen molar-refractivity contribution in [1.82, 2.24) is 4.98 Å². The van der Waals surface area contributed by atoms with Crippen molar-refractivity contribution in [2.75, 3.05) is 25.2 Å². The summed E-state index contributed by atoms with van der Waals surface area (Å²) in [6.07, 6.45) is 3.36. The molecule has 0 radical (unpaired) electrons. The van der Waals surface area contributed by atoms with Gasteiger partial charge in [0.05, 0.1) is 31.0 Å². The van der Waals surface area contributed by atoms with Crippen LogP contribution in [0.2, 0.25) is 0 Å². The maximum atomic E-state index is 13.5. The number of Topliss-reactive ketones (excluding diaryl/α,β-unsaturated/α-hetero) is 1. The maximum absolute atomic E-state index is 13.5. The first-order valence-electron chi connectivity index (χ1n) is 12.7. The minimum atomic E-state index is -1.03. The topological polar surface area (TPSA) is 115 Å². The predicted octanol–water partition coefficient (Wildman–Crippen LogP) is 5.61. The first kappa shape index (κ1) is 28.6. The van der Waals surface area contributed by atoms with Crippen molar-refractivity contribution >= 4 is 39.9 Å². The van der Waals surface area contributed by atoms with E-state index in [4.69, 9.17) is 14.2 Å². The van der Waals surface area contributed by atoms with E-state index in [0.29, 0.717) is 34.9 Å². The summed E-state index contributed by atoms with van der Waals surface area (Å²) in [7, 11) is 1.51. The number of benzene rings is 2. The highest BCUT2D eigenvalue weighted by molar-refractivity contribution is 7.17. The number of nitrogens with zero attached hydrogens (tertiary/aromatic N) is 2. The van der Waals surface area contributed by atoms with E-state index in [2.05, 4.69) is 18.5 Å². The van der Waals surface area contributed by atoms with E-state index in [1.807, 2.05) is 0 Å². The zero-order valence-electron chi connectivity index (χ0n) is 22.5. The summed E-state index contributed by atoms with van der Waals surface area (Å²) in [6.45, 7) is 7.81. The van der Waals surface area contributed by atoms with E-state index in [1.165, 1.54) is 18.1 Å². The number of thiazole rings is 1. The number of esters is 1. The lowest BCUT2D eigenvalue weighted by atomic mass is 9.95. The molecule has 1 unspecified atom stereocenters. The monoisotopic (exact) mass is 562 g/mol. The molecule has 1 N–H and O–H groups in total. The number of unbranched alkanes of at least 4 members (excludes halogenated alkanes) is 1. The van der Waals surface area contributed by atoms with Crippen LogP contribution in [0.3, 0.4) is 0 Å². The Morgan fingerprint density at radius 1 is 1.18 bits per heavy atom. The molecule has 1 aromatic heterocycles. The molecule has 3 aromatic rings. The van der Waals surface area contributed by atoms with Crippen LogP contribution in [0.4, 0.5) is 5.13 Å². The summed E-state index contributed by atoms with van der Waals surface area (Å²) in [5.74, 6) is -1.58. The van der Waals surface area contributed by atoms with Gasteiger partial charge in [-0.05, 0) is 55.3 Å². The number of aliphatic hydroxyl groups excluding tert-OH is 1. The smallest absolute Gasteiger partial charge is 0.350 e. The molecule has 2 heterocycles. The minimum absolute atomic E-state index is 0.0161. The Morgan fingerprint density at radius 2 is 1.93 bits per heavy atom. The molecule has 9 nitrogen and oxygen atoms in total. The van der Waals surface area contributed by atoms with Gasteiger partial charge in [0.2, 0.25) is 0 Å². The minimum Gasteiger partial charge on any atom is -0.507 e. The Labute approximate surface area is 236 Å². The van der Waals surface area contributed by atoms with Crippen LogP contribution in [-0.4, -0.2) is 48.1 Å². The van der Waals surface area contributed by atoms with Gasteiger partial charge < -0.3 is 19.3 Å². The summed E-state index contributed by atoms with van der Waals surface area (Å²) in [4.78, 5) is 45.3. The van der Waals surface area contributed by atoms with E-state index >= 15 is 0 Å². The fourth-order valence-corrected chi connectivity index (χ4v) is 5.22. The molecule has 0 saturated carbocycles. The van der Waals surface area contributed by atoms with Gasteiger partial charge in [-0.25, -0.2) is 9.78 Å². The molecule has 0 bridgehead atoms. The number of hydrogen-bond donors (Lipinski definition) is 1. The van der Waals surface area contributed by atoms with Crippen LogP contribution in [-0.2, 0) is 14.3 Å². The third kappa shape index (κ3) is 5.76. The molecule has 4 rings (SSSR count). The number of carbonyl (C=O) groups is 3. The van der Waals surface area contributed by atoms with Crippen LogP contribution in [0.1, 0.15) is 52.3 Å². The van der Waals surface area contributed by atoms with Crippen molar-refractivity contribution in [2.45, 2.75) is 32.7 Å². The van der Waals surface area contributed by atoms with E-state index < -0.39 is 23.7 Å². The van der Waals surface area contributed by atoms with E-state index in [-0.39, 0.29) is 27.9 Å². The summed E-state index contributed by atoms with van der Waals surface area (Å²) < 4.78 is 16.2. The van der Waals surface area contributed by atoms with Gasteiger partial charge in [-0.2, -0.15) is 0 Å². The number of ether oxygens (including phenoxy) is 3. The fraction of sp³-hybridized carbons (Fsp3) is 0.267. The highest BCUT2D eigenvalue weighted by atomic mass is 32.1. The average molecular weight is 563 g/mol. The van der Waals surface area contributed by atoms with Crippen molar-refractivity contribution in [3.05, 3.63) is 88.5 Å². The Bertz CT molecular complexity index is 1460. The van der Waals surface area contributed by atoms with Crippen LogP contribution < -0.4 is 14.4 Å². The molecule has 1 fully saturated rings. The zero-order valence-corrected chi connectivity index (χ0v) is 23.3. The molecule has 2 aromatic carbocycles. The van der Waals surface area contributed by atoms with E-state index in [1.54, 1.807) is 55.5 Å². The van der Waals surface area contributed by atoms with Gasteiger partial charge in [-0.15, -0.1) is 0 Å². The third-order valence-corrected chi connectivity index (χ3v) is 7.39. The molecule has 1 aliphatic heterocycles. The van der Waals surface area contributed by atoms with Gasteiger partial charge in [-0.3, -0.25) is 14.5 Å². The molecular weight excluding hydrogens is 532 g/mol. The zero-order chi connectivity index (χ0) is 28.8. The number of carbonyl (C=O) groups excluding carboxylic acids is 3. The SMILES string of the molecule is C=CCOC(=O)c1sc(N2C(=O)C(=O)C(=C(O)c3ccc(OCCCC)cc3)C2c2cccc(OC)c2)nc1C. The van der Waals surface area contributed by atoms with Crippen LogP contribution in [0, 0.1) is 6.92 Å². The number of anilines is 1. The molecule has 1 aliphatic rings. The highest BCUT2D eigenvalue weighted by Crippen LogP contribution is 2.44. The van der Waals surface area contributed by atoms with Crippen molar-refractivity contribution in [1.29, 1.82) is 0 Å².